The van der Waals surface area contributed by atoms with Gasteiger partial charge in [0.25, 0.3) is 0 Å². The van der Waals surface area contributed by atoms with Gasteiger partial charge in [0.15, 0.2) is 0 Å². The molecule has 0 aromatic heterocycles. The molecule has 3 heteroatoms. The molecule has 1 unspecified atom stereocenters. The topological polar surface area (TPSA) is 35.5 Å². The summed E-state index contributed by atoms with van der Waals surface area (Å²) in [6.45, 7) is 2.26. The third-order valence-corrected chi connectivity index (χ3v) is 3.76. The number of hydrogen-bond donors (Lipinski definition) is 0. The molecule has 1 aromatic rings. The van der Waals surface area contributed by atoms with Gasteiger partial charge in [-0.3, -0.25) is 0 Å². The Labute approximate surface area is 120 Å². The minimum Gasteiger partial charge on any atom is -0.497 e. The first-order valence-corrected chi connectivity index (χ1v) is 7.25. The molecule has 0 spiro atoms. The summed E-state index contributed by atoms with van der Waals surface area (Å²) in [5, 5.41) is 0. The SMILES string of the molecule is CCOC(=O)/C=C1\CCCCC1c1ccc(OC)cc1. The number of hydrogen-bond acceptors (Lipinski definition) is 3. The van der Waals surface area contributed by atoms with E-state index in [1.165, 1.54) is 17.6 Å². The second-order valence-electron chi connectivity index (χ2n) is 5.04. The van der Waals surface area contributed by atoms with Crippen LogP contribution in [0.25, 0.3) is 0 Å². The van der Waals surface area contributed by atoms with Crippen LogP contribution in [-0.2, 0) is 9.53 Å². The first-order valence-electron chi connectivity index (χ1n) is 7.25. The van der Waals surface area contributed by atoms with Crippen LogP contribution in [-0.4, -0.2) is 19.7 Å². The zero-order valence-electron chi connectivity index (χ0n) is 12.2. The Morgan fingerprint density at radius 2 is 2.05 bits per heavy atom. The Morgan fingerprint density at radius 1 is 1.30 bits per heavy atom. The Kier molecular flexibility index (Phi) is 5.22. The summed E-state index contributed by atoms with van der Waals surface area (Å²) in [7, 11) is 1.67. The van der Waals surface area contributed by atoms with E-state index >= 15 is 0 Å². The smallest absolute Gasteiger partial charge is 0.330 e. The summed E-state index contributed by atoms with van der Waals surface area (Å²) in [6.07, 6.45) is 6.12. The number of carbonyl (C=O) groups excluding carboxylic acids is 1. The zero-order chi connectivity index (χ0) is 14.4. The predicted molar refractivity (Wildman–Crippen MR) is 78.9 cm³/mol. The lowest BCUT2D eigenvalue weighted by atomic mass is 9.79. The molecule has 0 N–H and O–H groups in total. The summed E-state index contributed by atoms with van der Waals surface area (Å²) < 4.78 is 10.2. The Bertz CT molecular complexity index is 474. The average Bonchev–Trinajstić information content (AvgIpc) is 2.48. The van der Waals surface area contributed by atoms with Gasteiger partial charge in [-0.05, 0) is 43.9 Å². The molecule has 2 rings (SSSR count). The van der Waals surface area contributed by atoms with Crippen molar-refractivity contribution in [2.24, 2.45) is 0 Å². The molecule has 0 amide bonds. The maximum atomic E-state index is 11.7. The van der Waals surface area contributed by atoms with Crippen molar-refractivity contribution in [2.75, 3.05) is 13.7 Å². The van der Waals surface area contributed by atoms with Gasteiger partial charge in [-0.1, -0.05) is 24.1 Å². The fraction of sp³-hybridized carbons (Fsp3) is 0.471. The summed E-state index contributed by atoms with van der Waals surface area (Å²) >= 11 is 0. The van der Waals surface area contributed by atoms with Gasteiger partial charge in [-0.15, -0.1) is 0 Å². The fourth-order valence-corrected chi connectivity index (χ4v) is 2.76. The van der Waals surface area contributed by atoms with Crippen LogP contribution < -0.4 is 4.74 Å². The molecular weight excluding hydrogens is 252 g/mol. The number of allylic oxidation sites excluding steroid dienone is 1. The molecule has 3 nitrogen and oxygen atoms in total. The maximum absolute atomic E-state index is 11.7. The van der Waals surface area contributed by atoms with Gasteiger partial charge < -0.3 is 9.47 Å². The lowest BCUT2D eigenvalue weighted by Gasteiger charge is -2.25. The molecule has 0 heterocycles. The minimum atomic E-state index is -0.220. The molecule has 0 saturated heterocycles. The van der Waals surface area contributed by atoms with Gasteiger partial charge in [0.1, 0.15) is 5.75 Å². The Balaban J connectivity index is 2.19. The van der Waals surface area contributed by atoms with Crippen molar-refractivity contribution in [2.45, 2.75) is 38.5 Å². The van der Waals surface area contributed by atoms with Crippen molar-refractivity contribution in [3.63, 3.8) is 0 Å². The third-order valence-electron chi connectivity index (χ3n) is 3.76. The van der Waals surface area contributed by atoms with Gasteiger partial charge in [-0.25, -0.2) is 4.79 Å². The van der Waals surface area contributed by atoms with Gasteiger partial charge in [0, 0.05) is 12.0 Å². The summed E-state index contributed by atoms with van der Waals surface area (Å²) in [5.41, 5.74) is 2.45. The van der Waals surface area contributed by atoms with E-state index in [4.69, 9.17) is 9.47 Å². The van der Waals surface area contributed by atoms with E-state index in [1.807, 2.05) is 19.1 Å². The summed E-state index contributed by atoms with van der Waals surface area (Å²) in [5.74, 6) is 0.974. The molecule has 0 radical (unpaired) electrons. The molecule has 1 aromatic carbocycles. The molecule has 20 heavy (non-hydrogen) atoms. The molecule has 0 aliphatic heterocycles. The molecule has 1 aliphatic rings. The van der Waals surface area contributed by atoms with Crippen LogP contribution in [0.3, 0.4) is 0 Å². The Morgan fingerprint density at radius 3 is 2.70 bits per heavy atom. The van der Waals surface area contributed by atoms with Crippen LogP contribution in [0.5, 0.6) is 5.75 Å². The lowest BCUT2D eigenvalue weighted by molar-refractivity contribution is -0.137. The quantitative estimate of drug-likeness (QED) is 0.618. The van der Waals surface area contributed by atoms with Crippen LogP contribution in [0.15, 0.2) is 35.9 Å². The molecule has 1 fully saturated rings. The molecule has 0 bridgehead atoms. The predicted octanol–water partition coefficient (Wildman–Crippen LogP) is 3.84. The fourth-order valence-electron chi connectivity index (χ4n) is 2.76. The number of carbonyl (C=O) groups is 1. The van der Waals surface area contributed by atoms with E-state index in [2.05, 4.69) is 12.1 Å². The average molecular weight is 274 g/mol. The van der Waals surface area contributed by atoms with E-state index in [9.17, 15) is 4.79 Å². The number of esters is 1. The second-order valence-corrected chi connectivity index (χ2v) is 5.04. The molecular formula is C17H22O3. The normalized spacial score (nSPS) is 20.7. The first-order chi connectivity index (χ1) is 9.74. The van der Waals surface area contributed by atoms with Gasteiger partial charge in [0.2, 0.25) is 0 Å². The highest BCUT2D eigenvalue weighted by atomic mass is 16.5. The first kappa shape index (κ1) is 14.6. The largest absolute Gasteiger partial charge is 0.497 e. The van der Waals surface area contributed by atoms with Crippen LogP contribution >= 0.6 is 0 Å². The summed E-state index contributed by atoms with van der Waals surface area (Å²) in [6, 6.07) is 8.14. The van der Waals surface area contributed by atoms with Gasteiger partial charge in [-0.2, -0.15) is 0 Å². The van der Waals surface area contributed by atoms with E-state index in [1.54, 1.807) is 13.2 Å². The van der Waals surface area contributed by atoms with Gasteiger partial charge >= 0.3 is 5.97 Å². The van der Waals surface area contributed by atoms with Crippen LogP contribution in [0.4, 0.5) is 0 Å². The van der Waals surface area contributed by atoms with Crippen LogP contribution in [0.1, 0.15) is 44.1 Å². The van der Waals surface area contributed by atoms with E-state index < -0.39 is 0 Å². The van der Waals surface area contributed by atoms with Crippen molar-refractivity contribution >= 4 is 5.97 Å². The highest BCUT2D eigenvalue weighted by Gasteiger charge is 2.21. The second kappa shape index (κ2) is 7.13. The zero-order valence-corrected chi connectivity index (χ0v) is 12.2. The minimum absolute atomic E-state index is 0.220. The molecule has 1 atom stereocenters. The number of ether oxygens (including phenoxy) is 2. The standard InChI is InChI=1S/C17H22O3/c1-3-20-17(18)12-14-6-4-5-7-16(14)13-8-10-15(19-2)11-9-13/h8-12,16H,3-7H2,1-2H3/b14-12+. The van der Waals surface area contributed by atoms with Crippen molar-refractivity contribution in [1.29, 1.82) is 0 Å². The van der Waals surface area contributed by atoms with Crippen LogP contribution in [0, 0.1) is 0 Å². The van der Waals surface area contributed by atoms with Crippen molar-refractivity contribution in [3.05, 3.63) is 41.5 Å². The van der Waals surface area contributed by atoms with E-state index in [0.717, 1.165) is 25.0 Å². The molecule has 1 saturated carbocycles. The number of methoxy groups -OCH3 is 1. The van der Waals surface area contributed by atoms with Crippen molar-refractivity contribution in [1.82, 2.24) is 0 Å². The highest BCUT2D eigenvalue weighted by molar-refractivity contribution is 5.83. The molecule has 1 aliphatic carbocycles. The third kappa shape index (κ3) is 3.62. The highest BCUT2D eigenvalue weighted by Crippen LogP contribution is 2.37. The van der Waals surface area contributed by atoms with Gasteiger partial charge in [0.05, 0.1) is 13.7 Å². The monoisotopic (exact) mass is 274 g/mol. The maximum Gasteiger partial charge on any atom is 0.330 e. The van der Waals surface area contributed by atoms with E-state index in [-0.39, 0.29) is 5.97 Å². The summed E-state index contributed by atoms with van der Waals surface area (Å²) in [4.78, 5) is 11.7. The molecule has 108 valence electrons. The van der Waals surface area contributed by atoms with Crippen LogP contribution in [0.2, 0.25) is 0 Å². The van der Waals surface area contributed by atoms with Crippen molar-refractivity contribution in [3.8, 4) is 5.75 Å². The lowest BCUT2D eigenvalue weighted by Crippen LogP contribution is -2.11. The van der Waals surface area contributed by atoms with E-state index in [0.29, 0.717) is 12.5 Å². The Hall–Kier alpha value is -1.77. The number of rotatable bonds is 4. The van der Waals surface area contributed by atoms with Crippen molar-refractivity contribution < 1.29 is 14.3 Å². The number of benzene rings is 1.